The van der Waals surface area contributed by atoms with Crippen LogP contribution in [0.15, 0.2) is 51.8 Å². The van der Waals surface area contributed by atoms with Crippen LogP contribution in [0.5, 0.6) is 0 Å². The van der Waals surface area contributed by atoms with Crippen molar-refractivity contribution in [1.82, 2.24) is 10.0 Å². The Morgan fingerprint density at radius 2 is 1.81 bits per heavy atom. The molecule has 2 aromatic rings. The number of carbonyl (C=O) groups excluding carboxylic acids is 1. The van der Waals surface area contributed by atoms with Crippen LogP contribution in [0.25, 0.3) is 0 Å². The first-order chi connectivity index (χ1) is 15.1. The number of hydrogen-bond donors (Lipinski definition) is 3. The molecule has 0 fully saturated rings. The van der Waals surface area contributed by atoms with Crippen molar-refractivity contribution in [3.05, 3.63) is 58.1 Å². The number of nitrogens with one attached hydrogen (secondary N) is 3. The van der Waals surface area contributed by atoms with Crippen molar-refractivity contribution in [2.75, 3.05) is 19.0 Å². The third-order valence-electron chi connectivity index (χ3n) is 4.74. The maximum atomic E-state index is 12.6. The lowest BCUT2D eigenvalue weighted by Crippen LogP contribution is -2.41. The zero-order valence-corrected chi connectivity index (χ0v) is 21.5. The Morgan fingerprint density at radius 3 is 2.44 bits per heavy atom. The molecule has 0 saturated carbocycles. The molecule has 0 aliphatic carbocycles. The first-order valence-electron chi connectivity index (χ1n) is 10.1. The van der Waals surface area contributed by atoms with Crippen LogP contribution in [0.1, 0.15) is 30.4 Å². The smallest absolute Gasteiger partial charge is 0.323 e. The fourth-order valence-corrected chi connectivity index (χ4v) is 4.60. The van der Waals surface area contributed by atoms with Crippen molar-refractivity contribution in [2.45, 2.75) is 44.0 Å². The van der Waals surface area contributed by atoms with Crippen LogP contribution in [0, 0.1) is 13.8 Å². The number of unbranched alkanes of at least 4 members (excludes halogenated alkanes) is 1. The van der Waals surface area contributed by atoms with Crippen LogP contribution in [-0.4, -0.2) is 39.2 Å². The van der Waals surface area contributed by atoms with E-state index in [2.05, 4.69) is 31.3 Å². The largest absolute Gasteiger partial charge is 0.468 e. The summed E-state index contributed by atoms with van der Waals surface area (Å²) in [4.78, 5) is 12.2. The van der Waals surface area contributed by atoms with Gasteiger partial charge in [0.1, 0.15) is 6.04 Å². The van der Waals surface area contributed by atoms with Crippen molar-refractivity contribution in [1.29, 1.82) is 0 Å². The summed E-state index contributed by atoms with van der Waals surface area (Å²) in [7, 11) is -2.59. The van der Waals surface area contributed by atoms with Gasteiger partial charge in [-0.25, -0.2) is 8.42 Å². The number of ether oxygens (including phenoxy) is 1. The molecule has 0 aromatic heterocycles. The molecule has 0 spiro atoms. The van der Waals surface area contributed by atoms with Crippen molar-refractivity contribution >= 4 is 54.9 Å². The monoisotopic (exact) mass is 541 g/mol. The molecule has 3 N–H and O–H groups in total. The zero-order chi connectivity index (χ0) is 23.7. The summed E-state index contributed by atoms with van der Waals surface area (Å²) in [5, 5.41) is 6.74. The SMILES string of the molecule is COC(=O)C(CCCCNC(=S)Nc1ccc(Br)c(C)c1)NS(=O)(=O)c1ccc(C)cc1. The van der Waals surface area contributed by atoms with Gasteiger partial charge in [0.15, 0.2) is 5.11 Å². The second-order valence-electron chi connectivity index (χ2n) is 7.35. The molecule has 2 rings (SSSR count). The maximum Gasteiger partial charge on any atom is 0.323 e. The molecule has 1 unspecified atom stereocenters. The molecular formula is C22H28BrN3O4S2. The number of benzene rings is 2. The van der Waals surface area contributed by atoms with Gasteiger partial charge in [-0.15, -0.1) is 0 Å². The number of rotatable bonds is 10. The van der Waals surface area contributed by atoms with E-state index in [1.165, 1.54) is 19.2 Å². The molecule has 0 saturated heterocycles. The van der Waals surface area contributed by atoms with E-state index in [4.69, 9.17) is 17.0 Å². The Kier molecular flexibility index (Phi) is 10.1. The summed E-state index contributed by atoms with van der Waals surface area (Å²) < 4.78 is 33.5. The van der Waals surface area contributed by atoms with Crippen LogP contribution in [0.4, 0.5) is 5.69 Å². The van der Waals surface area contributed by atoms with Gasteiger partial charge in [0, 0.05) is 16.7 Å². The predicted octanol–water partition coefficient (Wildman–Crippen LogP) is 4.04. The van der Waals surface area contributed by atoms with Crippen LogP contribution in [0.3, 0.4) is 0 Å². The number of methoxy groups -OCH3 is 1. The lowest BCUT2D eigenvalue weighted by molar-refractivity contribution is -0.142. The van der Waals surface area contributed by atoms with Gasteiger partial charge in [-0.3, -0.25) is 4.79 Å². The van der Waals surface area contributed by atoms with Crippen LogP contribution < -0.4 is 15.4 Å². The first-order valence-corrected chi connectivity index (χ1v) is 12.8. The highest BCUT2D eigenvalue weighted by Gasteiger charge is 2.26. The van der Waals surface area contributed by atoms with Crippen molar-refractivity contribution in [3.8, 4) is 0 Å². The van der Waals surface area contributed by atoms with Crippen molar-refractivity contribution < 1.29 is 17.9 Å². The Bertz CT molecular complexity index is 1040. The van der Waals surface area contributed by atoms with Gasteiger partial charge in [-0.05, 0) is 81.2 Å². The molecule has 32 heavy (non-hydrogen) atoms. The quantitative estimate of drug-likeness (QED) is 0.237. The molecule has 0 aliphatic heterocycles. The van der Waals surface area contributed by atoms with Crippen molar-refractivity contribution in [2.24, 2.45) is 0 Å². The lowest BCUT2D eigenvalue weighted by Gasteiger charge is -2.17. The fourth-order valence-electron chi connectivity index (χ4n) is 2.91. The Hall–Kier alpha value is -2.01. The predicted molar refractivity (Wildman–Crippen MR) is 134 cm³/mol. The Morgan fingerprint density at radius 1 is 1.12 bits per heavy atom. The van der Waals surface area contributed by atoms with Gasteiger partial charge in [-0.2, -0.15) is 4.72 Å². The summed E-state index contributed by atoms with van der Waals surface area (Å²) in [5.41, 5.74) is 2.93. The van der Waals surface area contributed by atoms with Gasteiger partial charge in [-0.1, -0.05) is 33.6 Å². The number of thiocarbonyl (C=S) groups is 1. The lowest BCUT2D eigenvalue weighted by atomic mass is 10.1. The van der Waals surface area contributed by atoms with Gasteiger partial charge in [0.05, 0.1) is 12.0 Å². The van der Waals surface area contributed by atoms with E-state index in [1.807, 2.05) is 32.0 Å². The van der Waals surface area contributed by atoms with E-state index >= 15 is 0 Å². The third kappa shape index (κ3) is 8.16. The molecule has 7 nitrogen and oxygen atoms in total. The van der Waals surface area contributed by atoms with E-state index < -0.39 is 22.0 Å². The highest BCUT2D eigenvalue weighted by atomic mass is 79.9. The molecular weight excluding hydrogens is 514 g/mol. The second kappa shape index (κ2) is 12.3. The average molecular weight is 543 g/mol. The minimum atomic E-state index is -3.83. The molecule has 0 bridgehead atoms. The zero-order valence-electron chi connectivity index (χ0n) is 18.3. The van der Waals surface area contributed by atoms with Crippen LogP contribution in [0.2, 0.25) is 0 Å². The number of aryl methyl sites for hydroxylation is 2. The number of esters is 1. The van der Waals surface area contributed by atoms with E-state index in [9.17, 15) is 13.2 Å². The molecule has 0 aliphatic rings. The number of carbonyl (C=O) groups is 1. The highest BCUT2D eigenvalue weighted by Crippen LogP contribution is 2.20. The molecule has 10 heteroatoms. The van der Waals surface area contributed by atoms with E-state index in [-0.39, 0.29) is 4.90 Å². The summed E-state index contributed by atoms with van der Waals surface area (Å²) >= 11 is 8.77. The van der Waals surface area contributed by atoms with Gasteiger partial charge < -0.3 is 15.4 Å². The molecule has 1 atom stereocenters. The van der Waals surface area contributed by atoms with E-state index in [1.54, 1.807) is 12.1 Å². The second-order valence-corrected chi connectivity index (χ2v) is 10.3. The molecule has 2 aromatic carbocycles. The topological polar surface area (TPSA) is 96.5 Å². The molecule has 0 heterocycles. The third-order valence-corrected chi connectivity index (χ3v) is 7.36. The summed E-state index contributed by atoms with van der Waals surface area (Å²) in [6.45, 7) is 4.45. The normalized spacial score (nSPS) is 12.1. The first kappa shape index (κ1) is 26.2. The summed E-state index contributed by atoms with van der Waals surface area (Å²) in [5.74, 6) is -0.614. The summed E-state index contributed by atoms with van der Waals surface area (Å²) in [6.07, 6.45) is 1.61. The Labute approximate surface area is 203 Å². The van der Waals surface area contributed by atoms with Crippen molar-refractivity contribution in [3.63, 3.8) is 0 Å². The Balaban J connectivity index is 1.82. The number of halogens is 1. The standard InChI is InChI=1S/C22H28BrN3O4S2/c1-15-7-10-18(11-8-15)32(28,29)26-20(21(27)30-3)6-4-5-13-24-22(31)25-17-9-12-19(23)16(2)14-17/h7-12,14,20,26H,4-6,13H2,1-3H3,(H2,24,25,31). The molecule has 0 amide bonds. The minimum absolute atomic E-state index is 0.110. The molecule has 0 radical (unpaired) electrons. The fraction of sp³-hybridized carbons (Fsp3) is 0.364. The highest BCUT2D eigenvalue weighted by molar-refractivity contribution is 9.10. The van der Waals surface area contributed by atoms with Gasteiger partial charge in [0.25, 0.3) is 0 Å². The molecule has 174 valence electrons. The number of hydrogen-bond acceptors (Lipinski definition) is 5. The number of anilines is 1. The van der Waals surface area contributed by atoms with E-state index in [0.717, 1.165) is 21.3 Å². The number of sulfonamides is 1. The van der Waals surface area contributed by atoms with Gasteiger partial charge >= 0.3 is 5.97 Å². The van der Waals surface area contributed by atoms with Crippen LogP contribution >= 0.6 is 28.1 Å². The summed E-state index contributed by atoms with van der Waals surface area (Å²) in [6, 6.07) is 11.3. The van der Waals surface area contributed by atoms with Gasteiger partial charge in [0.2, 0.25) is 10.0 Å². The maximum absolute atomic E-state index is 12.6. The van der Waals surface area contributed by atoms with Crippen LogP contribution in [-0.2, 0) is 19.6 Å². The van der Waals surface area contributed by atoms with E-state index in [0.29, 0.717) is 30.9 Å². The minimum Gasteiger partial charge on any atom is -0.468 e. The average Bonchev–Trinajstić information content (AvgIpc) is 2.75.